The smallest absolute Gasteiger partial charge is 0.253 e. The Morgan fingerprint density at radius 1 is 1.27 bits per heavy atom. The lowest BCUT2D eigenvalue weighted by Crippen LogP contribution is -2.44. The first-order valence-corrected chi connectivity index (χ1v) is 7.55. The summed E-state index contributed by atoms with van der Waals surface area (Å²) >= 11 is 0. The third kappa shape index (κ3) is 2.63. The van der Waals surface area contributed by atoms with Crippen molar-refractivity contribution in [3.05, 3.63) is 53.1 Å². The Bertz CT molecular complexity index is 669. The Kier molecular flexibility index (Phi) is 3.72. The lowest BCUT2D eigenvalue weighted by molar-refractivity contribution is 0.0673. The molecule has 116 valence electrons. The molecule has 22 heavy (non-hydrogen) atoms. The van der Waals surface area contributed by atoms with E-state index in [-0.39, 0.29) is 17.1 Å². The largest absolute Gasteiger partial charge is 0.339 e. The molecule has 0 spiro atoms. The topological polar surface area (TPSA) is 49.0 Å². The number of piperidine rings is 1. The molecule has 4 nitrogen and oxygen atoms in total. The van der Waals surface area contributed by atoms with Crippen LogP contribution in [0.25, 0.3) is 0 Å². The van der Waals surface area contributed by atoms with Gasteiger partial charge in [0.2, 0.25) is 0 Å². The second kappa shape index (κ2) is 5.55. The van der Waals surface area contributed by atoms with Gasteiger partial charge in [-0.2, -0.15) is 5.10 Å². The number of rotatable bonds is 2. The molecule has 0 unspecified atom stereocenters. The number of H-pyrrole nitrogens is 1. The van der Waals surface area contributed by atoms with Gasteiger partial charge in [0.05, 0.1) is 6.20 Å². The second-order valence-electron chi connectivity index (χ2n) is 6.29. The van der Waals surface area contributed by atoms with Crippen LogP contribution >= 0.6 is 0 Å². The van der Waals surface area contributed by atoms with Gasteiger partial charge in [-0.1, -0.05) is 6.92 Å². The maximum absolute atomic E-state index is 13.0. The average molecular weight is 301 g/mol. The number of carbonyl (C=O) groups is 1. The van der Waals surface area contributed by atoms with Crippen LogP contribution < -0.4 is 0 Å². The zero-order valence-corrected chi connectivity index (χ0v) is 12.9. The van der Waals surface area contributed by atoms with E-state index >= 15 is 0 Å². The molecule has 1 amide bonds. The van der Waals surface area contributed by atoms with Crippen molar-refractivity contribution in [3.63, 3.8) is 0 Å². The second-order valence-corrected chi connectivity index (χ2v) is 6.29. The fraction of sp³-hybridized carbons (Fsp3) is 0.412. The molecule has 0 saturated carbocycles. The summed E-state index contributed by atoms with van der Waals surface area (Å²) in [6, 6.07) is 5.75. The third-order valence-electron chi connectivity index (χ3n) is 4.68. The molecule has 2 heterocycles. The highest BCUT2D eigenvalue weighted by atomic mass is 19.1. The summed E-state index contributed by atoms with van der Waals surface area (Å²) in [6.07, 6.45) is 3.63. The number of aromatic nitrogens is 2. The first-order valence-electron chi connectivity index (χ1n) is 7.55. The Labute approximate surface area is 129 Å². The fourth-order valence-corrected chi connectivity index (χ4v) is 3.19. The van der Waals surface area contributed by atoms with Crippen molar-refractivity contribution < 1.29 is 9.18 Å². The van der Waals surface area contributed by atoms with E-state index in [0.29, 0.717) is 18.7 Å². The molecule has 0 bridgehead atoms. The van der Waals surface area contributed by atoms with Gasteiger partial charge in [0.25, 0.3) is 5.91 Å². The van der Waals surface area contributed by atoms with Crippen molar-refractivity contribution in [1.29, 1.82) is 0 Å². The van der Waals surface area contributed by atoms with E-state index in [1.165, 1.54) is 23.4 Å². The maximum atomic E-state index is 13.0. The van der Waals surface area contributed by atoms with E-state index in [2.05, 4.69) is 24.0 Å². The van der Waals surface area contributed by atoms with Crippen molar-refractivity contribution in [2.45, 2.75) is 32.1 Å². The van der Waals surface area contributed by atoms with Crippen LogP contribution in [0.5, 0.6) is 0 Å². The molecule has 1 aromatic heterocycles. The molecule has 1 aliphatic rings. The van der Waals surface area contributed by atoms with E-state index in [4.69, 9.17) is 0 Å². The molecule has 1 saturated heterocycles. The molecule has 1 aliphatic heterocycles. The number of aryl methyl sites for hydroxylation is 1. The molecule has 3 rings (SSSR count). The van der Waals surface area contributed by atoms with Gasteiger partial charge in [0.15, 0.2) is 0 Å². The van der Waals surface area contributed by atoms with E-state index in [9.17, 15) is 9.18 Å². The third-order valence-corrected chi connectivity index (χ3v) is 4.68. The van der Waals surface area contributed by atoms with E-state index in [1.807, 2.05) is 11.1 Å². The molecular formula is C17H20FN3O. The zero-order chi connectivity index (χ0) is 15.7. The molecule has 0 atom stereocenters. The van der Waals surface area contributed by atoms with Crippen LogP contribution in [0.15, 0.2) is 30.5 Å². The molecule has 2 aromatic rings. The number of likely N-dealkylation sites (tertiary alicyclic amines) is 1. The Morgan fingerprint density at radius 2 is 1.91 bits per heavy atom. The van der Waals surface area contributed by atoms with Gasteiger partial charge in [-0.3, -0.25) is 9.89 Å². The number of nitrogens with zero attached hydrogens (tertiary/aromatic N) is 2. The molecular weight excluding hydrogens is 281 g/mol. The molecule has 0 radical (unpaired) electrons. The number of carbonyl (C=O) groups excluding carboxylic acids is 1. The van der Waals surface area contributed by atoms with Crippen LogP contribution in [0.1, 0.15) is 41.4 Å². The monoisotopic (exact) mass is 301 g/mol. The first kappa shape index (κ1) is 14.8. The van der Waals surface area contributed by atoms with Gasteiger partial charge < -0.3 is 4.90 Å². The van der Waals surface area contributed by atoms with Crippen LogP contribution in [0.3, 0.4) is 0 Å². The van der Waals surface area contributed by atoms with Crippen LogP contribution in [0.4, 0.5) is 4.39 Å². The van der Waals surface area contributed by atoms with Gasteiger partial charge in [-0.15, -0.1) is 0 Å². The zero-order valence-electron chi connectivity index (χ0n) is 12.9. The fourth-order valence-electron chi connectivity index (χ4n) is 3.19. The molecule has 1 fully saturated rings. The normalized spacial score (nSPS) is 17.5. The SMILES string of the molecule is Cc1cn[nH]c1C1(C)CCN(C(=O)c2ccc(F)cc2)CC1. The summed E-state index contributed by atoms with van der Waals surface area (Å²) in [7, 11) is 0. The predicted octanol–water partition coefficient (Wildman–Crippen LogP) is 3.05. The van der Waals surface area contributed by atoms with E-state index in [0.717, 1.165) is 12.8 Å². The molecule has 0 aliphatic carbocycles. The van der Waals surface area contributed by atoms with Crippen molar-refractivity contribution in [1.82, 2.24) is 15.1 Å². The lowest BCUT2D eigenvalue weighted by Gasteiger charge is -2.39. The van der Waals surface area contributed by atoms with Crippen LogP contribution in [0, 0.1) is 12.7 Å². The van der Waals surface area contributed by atoms with Crippen molar-refractivity contribution in [2.24, 2.45) is 0 Å². The van der Waals surface area contributed by atoms with Gasteiger partial charge in [0.1, 0.15) is 5.82 Å². The number of amides is 1. The lowest BCUT2D eigenvalue weighted by atomic mass is 9.76. The number of hydrogen-bond donors (Lipinski definition) is 1. The van der Waals surface area contributed by atoms with Gasteiger partial charge >= 0.3 is 0 Å². The highest BCUT2D eigenvalue weighted by molar-refractivity contribution is 5.94. The Hall–Kier alpha value is -2.17. The maximum Gasteiger partial charge on any atom is 0.253 e. The summed E-state index contributed by atoms with van der Waals surface area (Å²) < 4.78 is 13.0. The highest BCUT2D eigenvalue weighted by Crippen LogP contribution is 2.35. The number of benzene rings is 1. The Morgan fingerprint density at radius 3 is 2.45 bits per heavy atom. The predicted molar refractivity (Wildman–Crippen MR) is 82.2 cm³/mol. The minimum absolute atomic E-state index is 0.0246. The summed E-state index contributed by atoms with van der Waals surface area (Å²) in [6.45, 7) is 5.67. The number of hydrogen-bond acceptors (Lipinski definition) is 2. The van der Waals surface area contributed by atoms with Crippen molar-refractivity contribution in [2.75, 3.05) is 13.1 Å². The van der Waals surface area contributed by atoms with Crippen molar-refractivity contribution in [3.8, 4) is 0 Å². The summed E-state index contributed by atoms with van der Waals surface area (Å²) in [5.41, 5.74) is 2.91. The van der Waals surface area contributed by atoms with Crippen LogP contribution in [-0.4, -0.2) is 34.1 Å². The quantitative estimate of drug-likeness (QED) is 0.927. The first-order chi connectivity index (χ1) is 10.5. The van der Waals surface area contributed by atoms with Crippen LogP contribution in [0.2, 0.25) is 0 Å². The van der Waals surface area contributed by atoms with E-state index in [1.54, 1.807) is 12.1 Å². The summed E-state index contributed by atoms with van der Waals surface area (Å²) in [5.74, 6) is -0.346. The standard InChI is InChI=1S/C17H20FN3O/c1-12-11-19-20-15(12)17(2)7-9-21(10-8-17)16(22)13-3-5-14(18)6-4-13/h3-6,11H,7-10H2,1-2H3,(H,19,20). The minimum Gasteiger partial charge on any atom is -0.339 e. The molecule has 1 N–H and O–H groups in total. The number of aromatic amines is 1. The van der Waals surface area contributed by atoms with E-state index < -0.39 is 0 Å². The molecule has 1 aromatic carbocycles. The number of halogens is 1. The average Bonchev–Trinajstić information content (AvgIpc) is 2.95. The summed E-state index contributed by atoms with van der Waals surface area (Å²) in [5, 5.41) is 7.21. The summed E-state index contributed by atoms with van der Waals surface area (Å²) in [4.78, 5) is 14.3. The highest BCUT2D eigenvalue weighted by Gasteiger charge is 2.35. The van der Waals surface area contributed by atoms with Gasteiger partial charge in [-0.25, -0.2) is 4.39 Å². The number of nitrogens with one attached hydrogen (secondary N) is 1. The Balaban J connectivity index is 1.70. The minimum atomic E-state index is -0.322. The van der Waals surface area contributed by atoms with Crippen LogP contribution in [-0.2, 0) is 5.41 Å². The molecule has 5 heteroatoms. The van der Waals surface area contributed by atoms with Gasteiger partial charge in [0, 0.05) is 29.8 Å². The van der Waals surface area contributed by atoms with Gasteiger partial charge in [-0.05, 0) is 49.6 Å². The van der Waals surface area contributed by atoms with Crippen molar-refractivity contribution >= 4 is 5.91 Å².